The smallest absolute Gasteiger partial charge is 0.387 e. The Labute approximate surface area is 150 Å². The number of carbonyl (C=O) groups is 2. The summed E-state index contributed by atoms with van der Waals surface area (Å²) in [5.74, 6) is -0.936. The minimum Gasteiger partial charge on any atom is -0.435 e. The van der Waals surface area contributed by atoms with Crippen molar-refractivity contribution in [3.05, 3.63) is 59.2 Å². The number of nitrogens with zero attached hydrogens (tertiary/aromatic N) is 1. The van der Waals surface area contributed by atoms with Crippen LogP contribution in [-0.4, -0.2) is 36.9 Å². The zero-order valence-corrected chi connectivity index (χ0v) is 14.8. The van der Waals surface area contributed by atoms with Gasteiger partial charge in [-0.15, -0.1) is 0 Å². The van der Waals surface area contributed by atoms with Crippen molar-refractivity contribution in [3.8, 4) is 5.75 Å². The van der Waals surface area contributed by atoms with Crippen molar-refractivity contribution in [1.82, 2.24) is 4.90 Å². The fourth-order valence-electron chi connectivity index (χ4n) is 2.39. The Hall–Kier alpha value is -2.96. The van der Waals surface area contributed by atoms with Crippen LogP contribution in [0.25, 0.3) is 0 Å². The van der Waals surface area contributed by atoms with Crippen molar-refractivity contribution in [3.63, 3.8) is 0 Å². The molecular weight excluding hydrogens is 342 g/mol. The van der Waals surface area contributed by atoms with Gasteiger partial charge < -0.3 is 15.0 Å². The van der Waals surface area contributed by atoms with Gasteiger partial charge in [-0.3, -0.25) is 9.59 Å². The summed E-state index contributed by atoms with van der Waals surface area (Å²) >= 11 is 0. The topological polar surface area (TPSA) is 58.6 Å². The van der Waals surface area contributed by atoms with E-state index in [2.05, 4.69) is 10.1 Å². The lowest BCUT2D eigenvalue weighted by Crippen LogP contribution is -2.35. The molecule has 7 heteroatoms. The van der Waals surface area contributed by atoms with E-state index in [0.29, 0.717) is 5.69 Å². The number of rotatable bonds is 6. The zero-order chi connectivity index (χ0) is 19.3. The van der Waals surface area contributed by atoms with Crippen LogP contribution in [0.2, 0.25) is 0 Å². The number of hydrogen-bond donors (Lipinski definition) is 1. The Kier molecular flexibility index (Phi) is 6.27. The highest BCUT2D eigenvalue weighted by atomic mass is 19.3. The molecule has 0 radical (unpaired) electrons. The van der Waals surface area contributed by atoms with Crippen LogP contribution in [0.3, 0.4) is 0 Å². The predicted octanol–water partition coefficient (Wildman–Crippen LogP) is 3.62. The van der Waals surface area contributed by atoms with E-state index in [1.54, 1.807) is 6.07 Å². The van der Waals surface area contributed by atoms with Gasteiger partial charge in [0.05, 0.1) is 6.54 Å². The highest BCUT2D eigenvalue weighted by Crippen LogP contribution is 2.19. The monoisotopic (exact) mass is 362 g/mol. The lowest BCUT2D eigenvalue weighted by atomic mass is 10.1. The molecule has 5 nitrogen and oxygen atoms in total. The van der Waals surface area contributed by atoms with Crippen molar-refractivity contribution < 1.29 is 23.1 Å². The van der Waals surface area contributed by atoms with Crippen molar-refractivity contribution in [2.24, 2.45) is 0 Å². The van der Waals surface area contributed by atoms with Crippen LogP contribution in [0.15, 0.2) is 42.5 Å². The maximum Gasteiger partial charge on any atom is 0.387 e. The van der Waals surface area contributed by atoms with Crippen LogP contribution in [0, 0.1) is 13.8 Å². The molecule has 0 fully saturated rings. The third-order valence-electron chi connectivity index (χ3n) is 3.91. The number of hydrogen-bond acceptors (Lipinski definition) is 3. The average Bonchev–Trinajstić information content (AvgIpc) is 2.58. The largest absolute Gasteiger partial charge is 0.435 e. The van der Waals surface area contributed by atoms with Gasteiger partial charge in [0, 0.05) is 18.3 Å². The summed E-state index contributed by atoms with van der Waals surface area (Å²) in [5.41, 5.74) is 2.84. The number of anilines is 1. The van der Waals surface area contributed by atoms with Gasteiger partial charge in [-0.1, -0.05) is 18.2 Å². The molecule has 0 bridgehead atoms. The number of alkyl halides is 2. The van der Waals surface area contributed by atoms with Crippen molar-refractivity contribution in [2.45, 2.75) is 20.5 Å². The minimum atomic E-state index is -2.97. The second-order valence-corrected chi connectivity index (χ2v) is 5.86. The molecule has 0 aromatic heterocycles. The van der Waals surface area contributed by atoms with E-state index < -0.39 is 12.5 Å². The molecule has 2 rings (SSSR count). The second-order valence-electron chi connectivity index (χ2n) is 5.86. The first-order valence-corrected chi connectivity index (χ1v) is 7.94. The van der Waals surface area contributed by atoms with Crippen molar-refractivity contribution in [2.75, 3.05) is 18.9 Å². The van der Waals surface area contributed by atoms with Gasteiger partial charge >= 0.3 is 6.61 Å². The molecule has 0 atom stereocenters. The summed E-state index contributed by atoms with van der Waals surface area (Å²) < 4.78 is 28.8. The molecule has 0 unspecified atom stereocenters. The summed E-state index contributed by atoms with van der Waals surface area (Å²) in [6.07, 6.45) is 0. The van der Waals surface area contributed by atoms with E-state index in [9.17, 15) is 18.4 Å². The summed E-state index contributed by atoms with van der Waals surface area (Å²) in [4.78, 5) is 25.8. The zero-order valence-electron chi connectivity index (χ0n) is 14.8. The average molecular weight is 362 g/mol. The fourth-order valence-corrected chi connectivity index (χ4v) is 2.39. The number of likely N-dealkylation sites (N-methyl/N-ethyl adjacent to an activating group) is 1. The molecule has 2 amide bonds. The second kappa shape index (κ2) is 8.42. The minimum absolute atomic E-state index is 0.112. The van der Waals surface area contributed by atoms with Gasteiger partial charge in [0.1, 0.15) is 5.75 Å². The van der Waals surface area contributed by atoms with Crippen LogP contribution in [0.4, 0.5) is 14.5 Å². The van der Waals surface area contributed by atoms with E-state index in [1.165, 1.54) is 36.2 Å². The number of aryl methyl sites for hydroxylation is 1. The van der Waals surface area contributed by atoms with E-state index in [4.69, 9.17) is 0 Å². The Morgan fingerprint density at radius 3 is 2.54 bits per heavy atom. The standard InChI is InChI=1S/C19H20F2N2O3/c1-12-6-4-9-16(13(12)2)22-17(24)11-23(3)18(25)14-7-5-8-15(10-14)26-19(20)21/h4-10,19H,11H2,1-3H3,(H,22,24). The molecule has 0 aliphatic rings. The maximum absolute atomic E-state index is 12.4. The molecular formula is C19H20F2N2O3. The lowest BCUT2D eigenvalue weighted by Gasteiger charge is -2.18. The highest BCUT2D eigenvalue weighted by molar-refractivity contribution is 5.99. The quantitative estimate of drug-likeness (QED) is 0.854. The predicted molar refractivity (Wildman–Crippen MR) is 94.6 cm³/mol. The van der Waals surface area contributed by atoms with Crippen LogP contribution < -0.4 is 10.1 Å². The summed E-state index contributed by atoms with van der Waals surface area (Å²) in [6, 6.07) is 11.0. The highest BCUT2D eigenvalue weighted by Gasteiger charge is 2.17. The number of amides is 2. The first kappa shape index (κ1) is 19.4. The van der Waals surface area contributed by atoms with Crippen molar-refractivity contribution in [1.29, 1.82) is 0 Å². The number of nitrogens with one attached hydrogen (secondary N) is 1. The first-order chi connectivity index (χ1) is 12.3. The molecule has 0 aliphatic heterocycles. The number of ether oxygens (including phenoxy) is 1. The van der Waals surface area contributed by atoms with Gasteiger partial charge in [-0.25, -0.2) is 0 Å². The molecule has 0 spiro atoms. The number of carbonyl (C=O) groups excluding carboxylic acids is 2. The number of benzene rings is 2. The normalized spacial score (nSPS) is 10.5. The van der Waals surface area contributed by atoms with Gasteiger partial charge in [-0.2, -0.15) is 8.78 Å². The Bertz CT molecular complexity index is 809. The Morgan fingerprint density at radius 1 is 1.15 bits per heavy atom. The van der Waals surface area contributed by atoms with Crippen LogP contribution in [-0.2, 0) is 4.79 Å². The van der Waals surface area contributed by atoms with Crippen LogP contribution in [0.1, 0.15) is 21.5 Å². The van der Waals surface area contributed by atoms with Crippen LogP contribution >= 0.6 is 0 Å². The Morgan fingerprint density at radius 2 is 1.85 bits per heavy atom. The molecule has 0 aliphatic carbocycles. The van der Waals surface area contributed by atoms with Gasteiger partial charge in [0.15, 0.2) is 0 Å². The van der Waals surface area contributed by atoms with Gasteiger partial charge in [-0.05, 0) is 49.2 Å². The lowest BCUT2D eigenvalue weighted by molar-refractivity contribution is -0.116. The SMILES string of the molecule is Cc1cccc(NC(=O)CN(C)C(=O)c2cccc(OC(F)F)c2)c1C. The Balaban J connectivity index is 2.02. The first-order valence-electron chi connectivity index (χ1n) is 7.94. The summed E-state index contributed by atoms with van der Waals surface area (Å²) in [5, 5.41) is 2.77. The molecule has 1 N–H and O–H groups in total. The van der Waals surface area contributed by atoms with Gasteiger partial charge in [0.2, 0.25) is 5.91 Å². The fraction of sp³-hybridized carbons (Fsp3) is 0.263. The maximum atomic E-state index is 12.4. The summed E-state index contributed by atoms with van der Waals surface area (Å²) in [7, 11) is 1.46. The summed E-state index contributed by atoms with van der Waals surface area (Å²) in [6.45, 7) is 0.691. The molecule has 2 aromatic carbocycles. The van der Waals surface area contributed by atoms with Crippen molar-refractivity contribution >= 4 is 17.5 Å². The third-order valence-corrected chi connectivity index (χ3v) is 3.91. The molecule has 0 saturated carbocycles. The third kappa shape index (κ3) is 5.02. The number of halogens is 2. The van der Waals surface area contributed by atoms with E-state index in [1.807, 2.05) is 26.0 Å². The van der Waals surface area contributed by atoms with E-state index in [-0.39, 0.29) is 23.8 Å². The molecule has 2 aromatic rings. The molecule has 0 heterocycles. The molecule has 0 saturated heterocycles. The van der Waals surface area contributed by atoms with E-state index in [0.717, 1.165) is 11.1 Å². The van der Waals surface area contributed by atoms with E-state index >= 15 is 0 Å². The molecule has 26 heavy (non-hydrogen) atoms. The van der Waals surface area contributed by atoms with Gasteiger partial charge in [0.25, 0.3) is 5.91 Å². The molecule has 138 valence electrons. The van der Waals surface area contributed by atoms with Crippen LogP contribution in [0.5, 0.6) is 5.75 Å².